The van der Waals surface area contributed by atoms with E-state index in [0.29, 0.717) is 5.69 Å². The van der Waals surface area contributed by atoms with Gasteiger partial charge in [-0.15, -0.1) is 0 Å². The van der Waals surface area contributed by atoms with Crippen molar-refractivity contribution in [3.63, 3.8) is 0 Å². The smallest absolute Gasteiger partial charge is 0.243 e. The van der Waals surface area contributed by atoms with Crippen LogP contribution in [0.25, 0.3) is 12.2 Å². The molecule has 138 valence electrons. The molecule has 0 aliphatic rings. The third-order valence-corrected chi connectivity index (χ3v) is 4.38. The van der Waals surface area contributed by atoms with Gasteiger partial charge in [-0.05, 0) is 60.7 Å². The summed E-state index contributed by atoms with van der Waals surface area (Å²) in [6, 6.07) is 8.96. The highest BCUT2D eigenvalue weighted by atomic mass is 16.5. The Bertz CT molecular complexity index is 828. The van der Waals surface area contributed by atoms with Crippen LogP contribution in [-0.4, -0.2) is 30.8 Å². The van der Waals surface area contributed by atoms with Crippen LogP contribution in [0.4, 0.5) is 5.69 Å². The molecule has 0 heterocycles. The van der Waals surface area contributed by atoms with Gasteiger partial charge in [-0.25, -0.2) is 0 Å². The zero-order valence-corrected chi connectivity index (χ0v) is 15.7. The number of benzene rings is 2. The lowest BCUT2D eigenvalue weighted by Crippen LogP contribution is -2.38. The number of carbonyl (C=O) groups excluding carboxylic acids is 1. The van der Waals surface area contributed by atoms with E-state index >= 15 is 0 Å². The van der Waals surface area contributed by atoms with Gasteiger partial charge < -0.3 is 20.9 Å². The minimum Gasteiger partial charge on any atom is -0.496 e. The highest BCUT2D eigenvalue weighted by Crippen LogP contribution is 2.25. The second kappa shape index (κ2) is 8.65. The fourth-order valence-corrected chi connectivity index (χ4v) is 2.54. The maximum atomic E-state index is 11.9. The molecular weight excluding hydrogens is 328 g/mol. The molecule has 0 saturated carbocycles. The number of aliphatic hydroxyl groups excluding tert-OH is 1. The van der Waals surface area contributed by atoms with Crippen LogP contribution in [0.1, 0.15) is 27.8 Å². The predicted molar refractivity (Wildman–Crippen MR) is 106 cm³/mol. The number of aliphatic hydroxyl groups is 1. The van der Waals surface area contributed by atoms with Gasteiger partial charge in [0.1, 0.15) is 11.8 Å². The van der Waals surface area contributed by atoms with Crippen LogP contribution in [0.5, 0.6) is 5.75 Å². The third-order valence-electron chi connectivity index (χ3n) is 4.38. The molecule has 0 fully saturated rings. The van der Waals surface area contributed by atoms with Gasteiger partial charge in [0.15, 0.2) is 0 Å². The summed E-state index contributed by atoms with van der Waals surface area (Å²) in [5.74, 6) is 0.454. The van der Waals surface area contributed by atoms with E-state index in [2.05, 4.69) is 18.3 Å². The predicted octanol–water partition coefficient (Wildman–Crippen LogP) is 3.05. The van der Waals surface area contributed by atoms with E-state index < -0.39 is 11.9 Å². The van der Waals surface area contributed by atoms with Gasteiger partial charge in [0.05, 0.1) is 13.7 Å². The number of methoxy groups -OCH3 is 1. The van der Waals surface area contributed by atoms with Crippen molar-refractivity contribution in [1.82, 2.24) is 0 Å². The van der Waals surface area contributed by atoms with Crippen molar-refractivity contribution in [2.45, 2.75) is 26.8 Å². The molecule has 0 spiro atoms. The van der Waals surface area contributed by atoms with E-state index in [-0.39, 0.29) is 6.61 Å². The van der Waals surface area contributed by atoms with Gasteiger partial charge in [-0.1, -0.05) is 30.4 Å². The number of nitrogens with one attached hydrogen (secondary N) is 1. The molecular formula is C21H26N2O3. The quantitative estimate of drug-likeness (QED) is 0.696. The number of ether oxygens (including phenoxy) is 1. The molecule has 0 aliphatic heterocycles. The normalized spacial score (nSPS) is 12.2. The van der Waals surface area contributed by atoms with Crippen LogP contribution in [0, 0.1) is 20.8 Å². The minimum absolute atomic E-state index is 0.390. The van der Waals surface area contributed by atoms with E-state index in [0.717, 1.165) is 28.0 Å². The van der Waals surface area contributed by atoms with Gasteiger partial charge in [0.2, 0.25) is 5.91 Å². The number of aryl methyl sites for hydroxylation is 2. The molecule has 2 rings (SSSR count). The average molecular weight is 354 g/mol. The summed E-state index contributed by atoms with van der Waals surface area (Å²) >= 11 is 0. The van der Waals surface area contributed by atoms with Crippen LogP contribution < -0.4 is 15.8 Å². The van der Waals surface area contributed by atoms with Crippen LogP contribution in [0.2, 0.25) is 0 Å². The third kappa shape index (κ3) is 4.71. The Morgan fingerprint density at radius 1 is 1.15 bits per heavy atom. The zero-order chi connectivity index (χ0) is 19.3. The Balaban J connectivity index is 2.25. The Labute approximate surface area is 154 Å². The topological polar surface area (TPSA) is 84.6 Å². The molecule has 1 atom stereocenters. The maximum absolute atomic E-state index is 11.9. The molecule has 2 aromatic carbocycles. The van der Waals surface area contributed by atoms with Crippen LogP contribution in [0.15, 0.2) is 30.3 Å². The first-order valence-corrected chi connectivity index (χ1v) is 8.47. The van der Waals surface area contributed by atoms with Gasteiger partial charge in [-0.2, -0.15) is 0 Å². The molecule has 0 aliphatic carbocycles. The van der Waals surface area contributed by atoms with Gasteiger partial charge >= 0.3 is 0 Å². The van der Waals surface area contributed by atoms with Crippen LogP contribution >= 0.6 is 0 Å². The number of carbonyl (C=O) groups is 1. The number of hydrogen-bond acceptors (Lipinski definition) is 4. The van der Waals surface area contributed by atoms with Crippen molar-refractivity contribution in [3.8, 4) is 5.75 Å². The summed E-state index contributed by atoms with van der Waals surface area (Å²) in [5, 5.41) is 11.8. The molecule has 4 N–H and O–H groups in total. The monoisotopic (exact) mass is 354 g/mol. The lowest BCUT2D eigenvalue weighted by atomic mass is 10.0. The fraction of sp³-hybridized carbons (Fsp3) is 0.286. The van der Waals surface area contributed by atoms with Gasteiger partial charge in [0.25, 0.3) is 0 Å². The van der Waals surface area contributed by atoms with E-state index in [1.165, 1.54) is 5.56 Å². The van der Waals surface area contributed by atoms with Crippen LogP contribution in [0.3, 0.4) is 0 Å². The van der Waals surface area contributed by atoms with E-state index in [4.69, 9.17) is 15.6 Å². The molecule has 0 aromatic heterocycles. The highest BCUT2D eigenvalue weighted by Gasteiger charge is 2.13. The van der Waals surface area contributed by atoms with Crippen molar-refractivity contribution < 1.29 is 14.6 Å². The molecule has 26 heavy (non-hydrogen) atoms. The van der Waals surface area contributed by atoms with Crippen molar-refractivity contribution in [3.05, 3.63) is 58.1 Å². The molecule has 1 amide bonds. The minimum atomic E-state index is -0.934. The standard InChI is InChI=1S/C21H26N2O3/c1-13-5-6-16(10-19(13)23-21(25)18(22)12-24)7-8-17-9-14(2)15(3)20(11-17)26-4/h5-11,18,24H,12,22H2,1-4H3,(H,23,25)/b8-7-/t18-/m0/s1. The zero-order valence-electron chi connectivity index (χ0n) is 15.7. The first kappa shape index (κ1) is 19.7. The van der Waals surface area contributed by atoms with Gasteiger partial charge in [-0.3, -0.25) is 4.79 Å². The van der Waals surface area contributed by atoms with E-state index in [1.807, 2.05) is 50.3 Å². The first-order valence-electron chi connectivity index (χ1n) is 8.47. The fourth-order valence-electron chi connectivity index (χ4n) is 2.54. The number of amides is 1. The summed E-state index contributed by atoms with van der Waals surface area (Å²) in [5.41, 5.74) is 11.4. The molecule has 0 bridgehead atoms. The van der Waals surface area contributed by atoms with Crippen molar-refractivity contribution in [2.24, 2.45) is 5.73 Å². The molecule has 0 unspecified atom stereocenters. The Morgan fingerprint density at radius 2 is 1.85 bits per heavy atom. The lowest BCUT2D eigenvalue weighted by Gasteiger charge is -2.12. The van der Waals surface area contributed by atoms with Crippen LogP contribution in [-0.2, 0) is 4.79 Å². The number of rotatable bonds is 6. The summed E-state index contributed by atoms with van der Waals surface area (Å²) in [6.07, 6.45) is 3.98. The largest absolute Gasteiger partial charge is 0.496 e. The molecule has 5 heteroatoms. The van der Waals surface area contributed by atoms with E-state index in [9.17, 15) is 4.79 Å². The number of anilines is 1. The Hall–Kier alpha value is -2.63. The summed E-state index contributed by atoms with van der Waals surface area (Å²) < 4.78 is 5.42. The van der Waals surface area contributed by atoms with Crippen molar-refractivity contribution in [1.29, 1.82) is 0 Å². The second-order valence-electron chi connectivity index (χ2n) is 6.35. The number of hydrogen-bond donors (Lipinski definition) is 3. The molecule has 5 nitrogen and oxygen atoms in total. The summed E-state index contributed by atoms with van der Waals surface area (Å²) in [6.45, 7) is 5.60. The highest BCUT2D eigenvalue weighted by molar-refractivity contribution is 5.95. The molecule has 0 saturated heterocycles. The summed E-state index contributed by atoms with van der Waals surface area (Å²) in [7, 11) is 1.67. The number of nitrogens with two attached hydrogens (primary N) is 1. The maximum Gasteiger partial charge on any atom is 0.243 e. The van der Waals surface area contributed by atoms with Crippen molar-refractivity contribution >= 4 is 23.7 Å². The average Bonchev–Trinajstić information content (AvgIpc) is 2.63. The molecule has 0 radical (unpaired) electrons. The molecule has 2 aromatic rings. The van der Waals surface area contributed by atoms with Crippen molar-refractivity contribution in [2.75, 3.05) is 19.0 Å². The Kier molecular flexibility index (Phi) is 6.55. The van der Waals surface area contributed by atoms with E-state index in [1.54, 1.807) is 7.11 Å². The second-order valence-corrected chi connectivity index (χ2v) is 6.35. The SMILES string of the molecule is COc1cc(/C=C\c2ccc(C)c(NC(=O)[C@@H](N)CO)c2)cc(C)c1C. The first-order chi connectivity index (χ1) is 12.3. The van der Waals surface area contributed by atoms with Gasteiger partial charge in [0, 0.05) is 5.69 Å². The summed E-state index contributed by atoms with van der Waals surface area (Å²) in [4.78, 5) is 11.9. The Morgan fingerprint density at radius 3 is 2.50 bits per heavy atom. The lowest BCUT2D eigenvalue weighted by molar-refractivity contribution is -0.118.